The second-order valence-corrected chi connectivity index (χ2v) is 4.76. The van der Waals surface area contributed by atoms with Crippen molar-refractivity contribution in [3.63, 3.8) is 0 Å². The molecule has 0 radical (unpaired) electrons. The van der Waals surface area contributed by atoms with Gasteiger partial charge in [0, 0.05) is 6.04 Å². The van der Waals surface area contributed by atoms with Crippen LogP contribution in [0.3, 0.4) is 0 Å². The summed E-state index contributed by atoms with van der Waals surface area (Å²) in [7, 11) is 0. The van der Waals surface area contributed by atoms with E-state index >= 15 is 0 Å². The smallest absolute Gasteiger partial charge is 0.406 e. The molecular formula is C14H20F3NO. The van der Waals surface area contributed by atoms with Gasteiger partial charge in [0.05, 0.1) is 0 Å². The first kappa shape index (κ1) is 15.8. The highest BCUT2D eigenvalue weighted by Gasteiger charge is 2.30. The first-order valence-corrected chi connectivity index (χ1v) is 6.41. The molecule has 0 aliphatic rings. The standard InChI is InChI=1S/C14H20F3NO/c1-4-10(2)9-18-11(3)12-5-7-13(8-6-12)19-14(15,16)17/h5-8,10-11,18H,4,9H2,1-3H3. The summed E-state index contributed by atoms with van der Waals surface area (Å²) in [6.45, 7) is 7.15. The average molecular weight is 275 g/mol. The van der Waals surface area contributed by atoms with Crippen LogP contribution in [0.15, 0.2) is 24.3 Å². The van der Waals surface area contributed by atoms with E-state index in [4.69, 9.17) is 0 Å². The molecule has 2 atom stereocenters. The van der Waals surface area contributed by atoms with Crippen molar-refractivity contribution >= 4 is 0 Å². The normalized spacial score (nSPS) is 15.1. The van der Waals surface area contributed by atoms with Gasteiger partial charge in [0.25, 0.3) is 0 Å². The summed E-state index contributed by atoms with van der Waals surface area (Å²) in [6, 6.07) is 6.08. The molecule has 108 valence electrons. The molecule has 0 aliphatic carbocycles. The van der Waals surface area contributed by atoms with Crippen molar-refractivity contribution in [1.29, 1.82) is 0 Å². The van der Waals surface area contributed by atoms with Crippen molar-refractivity contribution in [1.82, 2.24) is 5.32 Å². The van der Waals surface area contributed by atoms with Gasteiger partial charge in [-0.2, -0.15) is 0 Å². The fraction of sp³-hybridized carbons (Fsp3) is 0.571. The van der Waals surface area contributed by atoms with Gasteiger partial charge in [-0.1, -0.05) is 32.4 Å². The lowest BCUT2D eigenvalue weighted by Crippen LogP contribution is -2.24. The van der Waals surface area contributed by atoms with E-state index in [0.717, 1.165) is 18.5 Å². The number of benzene rings is 1. The Hall–Kier alpha value is -1.23. The van der Waals surface area contributed by atoms with Crippen LogP contribution in [0.5, 0.6) is 5.75 Å². The molecule has 0 spiro atoms. The molecule has 2 unspecified atom stereocenters. The predicted octanol–water partition coefficient (Wildman–Crippen LogP) is 4.28. The molecule has 0 saturated heterocycles. The van der Waals surface area contributed by atoms with Gasteiger partial charge < -0.3 is 10.1 Å². The lowest BCUT2D eigenvalue weighted by molar-refractivity contribution is -0.274. The first-order chi connectivity index (χ1) is 8.81. The van der Waals surface area contributed by atoms with E-state index in [1.807, 2.05) is 6.92 Å². The molecule has 0 aliphatic heterocycles. The van der Waals surface area contributed by atoms with Gasteiger partial charge in [-0.25, -0.2) is 0 Å². The number of rotatable bonds is 6. The van der Waals surface area contributed by atoms with E-state index < -0.39 is 6.36 Å². The van der Waals surface area contributed by atoms with Crippen molar-refractivity contribution in [3.8, 4) is 5.75 Å². The molecule has 0 heterocycles. The number of halogens is 3. The summed E-state index contributed by atoms with van der Waals surface area (Å²) < 4.78 is 39.9. The minimum absolute atomic E-state index is 0.105. The van der Waals surface area contributed by atoms with Gasteiger partial charge in [-0.05, 0) is 37.1 Å². The van der Waals surface area contributed by atoms with Crippen LogP contribution in [0.4, 0.5) is 13.2 Å². The monoisotopic (exact) mass is 275 g/mol. The summed E-state index contributed by atoms with van der Waals surface area (Å²) in [5.74, 6) is 0.390. The summed E-state index contributed by atoms with van der Waals surface area (Å²) >= 11 is 0. The van der Waals surface area contributed by atoms with Crippen LogP contribution >= 0.6 is 0 Å². The minimum atomic E-state index is -4.64. The second kappa shape index (κ2) is 6.80. The van der Waals surface area contributed by atoms with Gasteiger partial charge in [-0.15, -0.1) is 13.2 Å². The summed E-state index contributed by atoms with van der Waals surface area (Å²) in [5.41, 5.74) is 0.942. The number of hydrogen-bond acceptors (Lipinski definition) is 2. The number of nitrogens with one attached hydrogen (secondary N) is 1. The molecule has 2 nitrogen and oxygen atoms in total. The molecule has 1 N–H and O–H groups in total. The Kier molecular flexibility index (Phi) is 5.66. The molecule has 1 aromatic rings. The molecular weight excluding hydrogens is 255 g/mol. The van der Waals surface area contributed by atoms with Crippen molar-refractivity contribution in [2.24, 2.45) is 5.92 Å². The number of ether oxygens (including phenoxy) is 1. The molecule has 0 saturated carbocycles. The fourth-order valence-electron chi connectivity index (χ4n) is 1.60. The fourth-order valence-corrected chi connectivity index (χ4v) is 1.60. The summed E-state index contributed by atoms with van der Waals surface area (Å²) in [5, 5.41) is 3.35. The summed E-state index contributed by atoms with van der Waals surface area (Å²) in [4.78, 5) is 0. The van der Waals surface area contributed by atoms with Crippen molar-refractivity contribution in [3.05, 3.63) is 29.8 Å². The second-order valence-electron chi connectivity index (χ2n) is 4.76. The van der Waals surface area contributed by atoms with Crippen LogP contribution in [0.25, 0.3) is 0 Å². The van der Waals surface area contributed by atoms with E-state index in [9.17, 15) is 13.2 Å². The van der Waals surface area contributed by atoms with E-state index in [1.54, 1.807) is 12.1 Å². The van der Waals surface area contributed by atoms with Crippen LogP contribution in [-0.2, 0) is 0 Å². The lowest BCUT2D eigenvalue weighted by Gasteiger charge is -2.17. The predicted molar refractivity (Wildman–Crippen MR) is 69.0 cm³/mol. The number of alkyl halides is 3. The summed E-state index contributed by atoms with van der Waals surface area (Å²) in [6.07, 6.45) is -3.54. The molecule has 0 amide bonds. The molecule has 5 heteroatoms. The minimum Gasteiger partial charge on any atom is -0.406 e. The zero-order chi connectivity index (χ0) is 14.5. The highest BCUT2D eigenvalue weighted by atomic mass is 19.4. The van der Waals surface area contributed by atoms with E-state index in [2.05, 4.69) is 23.9 Å². The molecule has 1 aromatic carbocycles. The van der Waals surface area contributed by atoms with Crippen molar-refractivity contribution in [2.75, 3.05) is 6.54 Å². The Morgan fingerprint density at radius 1 is 1.16 bits per heavy atom. The SMILES string of the molecule is CCC(C)CNC(C)c1ccc(OC(F)(F)F)cc1. The van der Waals surface area contributed by atoms with Gasteiger partial charge in [0.2, 0.25) is 0 Å². The highest BCUT2D eigenvalue weighted by molar-refractivity contribution is 5.29. The van der Waals surface area contributed by atoms with E-state index in [1.165, 1.54) is 12.1 Å². The van der Waals surface area contributed by atoms with Crippen molar-refractivity contribution in [2.45, 2.75) is 39.6 Å². The average Bonchev–Trinajstić information content (AvgIpc) is 2.34. The van der Waals surface area contributed by atoms with Gasteiger partial charge >= 0.3 is 6.36 Å². The third kappa shape index (κ3) is 5.96. The Balaban J connectivity index is 2.55. The maximum Gasteiger partial charge on any atom is 0.573 e. The van der Waals surface area contributed by atoms with Crippen molar-refractivity contribution < 1.29 is 17.9 Å². The Labute approximate surface area is 112 Å². The molecule has 19 heavy (non-hydrogen) atoms. The van der Waals surface area contributed by atoms with Gasteiger partial charge in [-0.3, -0.25) is 0 Å². The van der Waals surface area contributed by atoms with Crippen LogP contribution < -0.4 is 10.1 Å². The molecule has 1 rings (SSSR count). The lowest BCUT2D eigenvalue weighted by atomic mass is 10.1. The molecule has 0 aromatic heterocycles. The van der Waals surface area contributed by atoms with E-state index in [0.29, 0.717) is 5.92 Å². The van der Waals surface area contributed by atoms with Crippen LogP contribution in [0.2, 0.25) is 0 Å². The zero-order valence-electron chi connectivity index (χ0n) is 11.4. The third-order valence-corrected chi connectivity index (χ3v) is 3.08. The zero-order valence-corrected chi connectivity index (χ0v) is 11.4. The Morgan fingerprint density at radius 3 is 2.21 bits per heavy atom. The topological polar surface area (TPSA) is 21.3 Å². The largest absolute Gasteiger partial charge is 0.573 e. The number of hydrogen-bond donors (Lipinski definition) is 1. The Morgan fingerprint density at radius 2 is 1.74 bits per heavy atom. The highest BCUT2D eigenvalue weighted by Crippen LogP contribution is 2.24. The maximum atomic E-state index is 12.0. The van der Waals surface area contributed by atoms with Crippen LogP contribution in [-0.4, -0.2) is 12.9 Å². The van der Waals surface area contributed by atoms with Crippen LogP contribution in [0.1, 0.15) is 38.8 Å². The van der Waals surface area contributed by atoms with E-state index in [-0.39, 0.29) is 11.8 Å². The first-order valence-electron chi connectivity index (χ1n) is 6.41. The quantitative estimate of drug-likeness (QED) is 0.836. The Bertz CT molecular complexity index is 375. The van der Waals surface area contributed by atoms with Crippen LogP contribution in [0, 0.1) is 5.92 Å². The molecule has 0 bridgehead atoms. The van der Waals surface area contributed by atoms with Gasteiger partial charge in [0.15, 0.2) is 0 Å². The molecule has 0 fully saturated rings. The third-order valence-electron chi connectivity index (χ3n) is 3.08. The van der Waals surface area contributed by atoms with Gasteiger partial charge in [0.1, 0.15) is 5.75 Å². The maximum absolute atomic E-state index is 12.0.